The zero-order chi connectivity index (χ0) is 58.4. The maximum atomic E-state index is 12.8. The molecule has 10 heteroatoms. The topological polar surface area (TPSA) is 111 Å². The molecule has 80 heavy (non-hydrogen) atoms. The van der Waals surface area contributed by atoms with Gasteiger partial charge in [-0.05, 0) is 116 Å². The summed E-state index contributed by atoms with van der Waals surface area (Å²) in [5.74, 6) is -0.914. The molecule has 0 aliphatic heterocycles. The molecule has 9 nitrogen and oxygen atoms in total. The Balaban J connectivity index is 4.20. The SMILES string of the molecule is CC/C=C\C/C=C\C/C=C\C/C=C\C/C=C\C/C=C\C/C=C\CCCC(=O)OC(COC(=O)CCCCCCCCCCCCCCCC/C=C\C/C=C\C/C=C\C/C=C\C/C=C\C/C=C\CC)COP(=O)([O-])OCC[N+](C)(C)C. The van der Waals surface area contributed by atoms with Crippen LogP contribution in [0.1, 0.15) is 219 Å². The summed E-state index contributed by atoms with van der Waals surface area (Å²) in [7, 11) is 1.11. The van der Waals surface area contributed by atoms with Crippen LogP contribution in [0.4, 0.5) is 0 Å². The number of phosphoric acid groups is 1. The molecule has 0 aliphatic rings. The molecule has 0 saturated carbocycles. The lowest BCUT2D eigenvalue weighted by Gasteiger charge is -2.28. The van der Waals surface area contributed by atoms with Crippen molar-refractivity contribution in [3.8, 4) is 0 Å². The monoisotopic (exact) mass is 1130 g/mol. The van der Waals surface area contributed by atoms with E-state index in [1.165, 1.54) is 70.6 Å². The lowest BCUT2D eigenvalue weighted by molar-refractivity contribution is -0.870. The number of rotatable bonds is 55. The molecule has 0 radical (unpaired) electrons. The number of carbonyl (C=O) groups excluding carboxylic acids is 2. The minimum Gasteiger partial charge on any atom is -0.756 e. The van der Waals surface area contributed by atoms with Crippen molar-refractivity contribution >= 4 is 19.8 Å². The highest BCUT2D eigenvalue weighted by atomic mass is 31.2. The minimum absolute atomic E-state index is 0.0501. The highest BCUT2D eigenvalue weighted by Gasteiger charge is 2.21. The quantitative estimate of drug-likeness (QED) is 0.0195. The van der Waals surface area contributed by atoms with E-state index in [2.05, 4.69) is 166 Å². The summed E-state index contributed by atoms with van der Waals surface area (Å²) in [6, 6.07) is 0. The van der Waals surface area contributed by atoms with Crippen molar-refractivity contribution in [1.29, 1.82) is 0 Å². The van der Waals surface area contributed by atoms with E-state index in [1.54, 1.807) is 0 Å². The maximum absolute atomic E-state index is 12.8. The summed E-state index contributed by atoms with van der Waals surface area (Å²) in [5.41, 5.74) is 0. The van der Waals surface area contributed by atoms with Crippen molar-refractivity contribution in [3.05, 3.63) is 158 Å². The van der Waals surface area contributed by atoms with Crippen LogP contribution in [-0.4, -0.2) is 70.0 Å². The summed E-state index contributed by atoms with van der Waals surface area (Å²) < 4.78 is 34.1. The van der Waals surface area contributed by atoms with Gasteiger partial charge in [0.05, 0.1) is 27.7 Å². The van der Waals surface area contributed by atoms with Gasteiger partial charge in [-0.3, -0.25) is 14.2 Å². The van der Waals surface area contributed by atoms with Gasteiger partial charge in [-0.1, -0.05) is 249 Å². The van der Waals surface area contributed by atoms with Crippen LogP contribution in [0.2, 0.25) is 0 Å². The fraction of sp³-hybridized carbons (Fsp3) is 0.600. The Bertz CT molecular complexity index is 1900. The van der Waals surface area contributed by atoms with Crippen molar-refractivity contribution in [2.24, 2.45) is 0 Å². The molecule has 452 valence electrons. The molecule has 2 unspecified atom stereocenters. The maximum Gasteiger partial charge on any atom is 0.306 e. The molecule has 0 aromatic carbocycles. The van der Waals surface area contributed by atoms with Gasteiger partial charge in [0.1, 0.15) is 19.8 Å². The Labute approximate surface area is 490 Å². The van der Waals surface area contributed by atoms with Gasteiger partial charge in [-0.2, -0.15) is 0 Å². The number of allylic oxidation sites excluding steroid dienone is 26. The van der Waals surface area contributed by atoms with Gasteiger partial charge in [0.2, 0.25) is 0 Å². The number of phosphoric ester groups is 1. The molecule has 0 rings (SSSR count). The molecule has 0 heterocycles. The van der Waals surface area contributed by atoms with E-state index in [9.17, 15) is 19.0 Å². The molecule has 0 amide bonds. The Morgan fingerprint density at radius 1 is 0.388 bits per heavy atom. The number of carbonyl (C=O) groups is 2. The zero-order valence-corrected chi connectivity index (χ0v) is 52.1. The fourth-order valence-corrected chi connectivity index (χ4v) is 8.55. The van der Waals surface area contributed by atoms with Crippen LogP contribution in [0, 0.1) is 0 Å². The molecule has 0 fully saturated rings. The molecule has 2 atom stereocenters. The van der Waals surface area contributed by atoms with E-state index in [1.807, 2.05) is 27.2 Å². The second-order valence-corrected chi connectivity index (χ2v) is 22.7. The van der Waals surface area contributed by atoms with Crippen LogP contribution in [0.25, 0.3) is 0 Å². The summed E-state index contributed by atoms with van der Waals surface area (Å²) in [5, 5.41) is 0. The van der Waals surface area contributed by atoms with E-state index >= 15 is 0 Å². The van der Waals surface area contributed by atoms with E-state index in [0.717, 1.165) is 103 Å². The van der Waals surface area contributed by atoms with Crippen LogP contribution in [0.3, 0.4) is 0 Å². The Morgan fingerprint density at radius 3 is 1.04 bits per heavy atom. The lowest BCUT2D eigenvalue weighted by Crippen LogP contribution is -2.37. The third kappa shape index (κ3) is 62.8. The Hall–Kier alpha value is -4.37. The molecule has 0 saturated heterocycles. The molecule has 0 N–H and O–H groups in total. The normalized spacial score (nSPS) is 14.3. The molecule has 0 spiro atoms. The van der Waals surface area contributed by atoms with E-state index in [4.69, 9.17) is 18.5 Å². The Kier molecular flexibility index (Phi) is 56.0. The second-order valence-electron chi connectivity index (χ2n) is 21.3. The predicted molar refractivity (Wildman–Crippen MR) is 341 cm³/mol. The summed E-state index contributed by atoms with van der Waals surface area (Å²) in [4.78, 5) is 37.9. The van der Waals surface area contributed by atoms with Crippen molar-refractivity contribution in [2.45, 2.75) is 225 Å². The molecule has 0 aliphatic carbocycles. The van der Waals surface area contributed by atoms with Gasteiger partial charge in [0.25, 0.3) is 7.82 Å². The van der Waals surface area contributed by atoms with E-state index in [-0.39, 0.29) is 26.1 Å². The number of hydrogen-bond acceptors (Lipinski definition) is 8. The average Bonchev–Trinajstić information content (AvgIpc) is 3.42. The number of likely N-dealkylation sites (N-methyl/N-ethyl adjacent to an activating group) is 1. The largest absolute Gasteiger partial charge is 0.756 e. The first kappa shape index (κ1) is 75.6. The zero-order valence-electron chi connectivity index (χ0n) is 51.2. The smallest absolute Gasteiger partial charge is 0.306 e. The van der Waals surface area contributed by atoms with E-state index in [0.29, 0.717) is 30.3 Å². The lowest BCUT2D eigenvalue weighted by atomic mass is 10.0. The van der Waals surface area contributed by atoms with Crippen molar-refractivity contribution in [1.82, 2.24) is 0 Å². The van der Waals surface area contributed by atoms with Crippen molar-refractivity contribution in [2.75, 3.05) is 47.5 Å². The van der Waals surface area contributed by atoms with Gasteiger partial charge in [0, 0.05) is 12.8 Å². The summed E-state index contributed by atoms with van der Waals surface area (Å²) in [6.07, 6.45) is 88.8. The first-order chi connectivity index (χ1) is 39.0. The van der Waals surface area contributed by atoms with Crippen LogP contribution in [0.15, 0.2) is 158 Å². The highest BCUT2D eigenvalue weighted by molar-refractivity contribution is 7.45. The third-order valence-electron chi connectivity index (χ3n) is 12.5. The van der Waals surface area contributed by atoms with Crippen LogP contribution < -0.4 is 4.89 Å². The summed E-state index contributed by atoms with van der Waals surface area (Å²) >= 11 is 0. The van der Waals surface area contributed by atoms with Gasteiger partial charge >= 0.3 is 11.9 Å². The predicted octanol–water partition coefficient (Wildman–Crippen LogP) is 19.4. The number of unbranched alkanes of at least 4 members (excludes halogenated alkanes) is 15. The van der Waals surface area contributed by atoms with Crippen molar-refractivity contribution in [3.63, 3.8) is 0 Å². The molecular formula is C70H114NO8P. The molecular weight excluding hydrogens is 1010 g/mol. The van der Waals surface area contributed by atoms with E-state index < -0.39 is 32.5 Å². The molecule has 0 aromatic heterocycles. The van der Waals surface area contributed by atoms with Crippen molar-refractivity contribution < 1.29 is 42.1 Å². The summed E-state index contributed by atoms with van der Waals surface area (Å²) in [6.45, 7) is 3.93. The third-order valence-corrected chi connectivity index (χ3v) is 13.5. The number of hydrogen-bond donors (Lipinski definition) is 0. The van der Waals surface area contributed by atoms with Crippen LogP contribution >= 0.6 is 7.82 Å². The number of esters is 2. The number of quaternary nitrogens is 1. The fourth-order valence-electron chi connectivity index (χ4n) is 7.82. The minimum atomic E-state index is -4.67. The average molecular weight is 1130 g/mol. The molecule has 0 aromatic rings. The first-order valence-corrected chi connectivity index (χ1v) is 32.7. The van der Waals surface area contributed by atoms with Gasteiger partial charge < -0.3 is 27.9 Å². The number of nitrogens with zero attached hydrogens (tertiary/aromatic N) is 1. The first-order valence-electron chi connectivity index (χ1n) is 31.2. The number of ether oxygens (including phenoxy) is 2. The van der Waals surface area contributed by atoms with Crippen LogP contribution in [0.5, 0.6) is 0 Å². The Morgan fingerprint density at radius 2 is 0.688 bits per heavy atom. The second kappa shape index (κ2) is 59.3. The van der Waals surface area contributed by atoms with Gasteiger partial charge in [0.15, 0.2) is 6.10 Å². The van der Waals surface area contributed by atoms with Gasteiger partial charge in [-0.15, -0.1) is 0 Å². The molecule has 0 bridgehead atoms. The van der Waals surface area contributed by atoms with Gasteiger partial charge in [-0.25, -0.2) is 0 Å². The standard InChI is InChI=1S/C70H114NO8P/c1-6-8-10-12-14-16-18-20-22-24-26-28-30-31-32-33-34-35-36-37-38-39-41-42-44-46-48-50-52-54-56-58-60-62-69(72)76-66-68(67-78-80(74,75)77-65-64-71(3,4)5)79-70(73)63-61-59-57-55-53-51-49-47-45-43-40-29-27-25-23-21-19-17-15-13-11-9-7-2/h8-11,14-17,20-23,26-29,31-32,34-35,43,45,49,51,55,57,68H,6-7,12-13,18-19,24-25,30,33,36-42,44,46-48,50,52-54,56,58-67H2,1-5H3/b10-8-,11-9-,16-14-,17-15-,22-20-,23-21-,28-26-,29-27-,32-31-,35-34-,45-43-,51-49-,57-55-. The highest BCUT2D eigenvalue weighted by Crippen LogP contribution is 2.38. The van der Waals surface area contributed by atoms with Crippen LogP contribution in [-0.2, 0) is 32.7 Å².